The van der Waals surface area contributed by atoms with Gasteiger partial charge in [0, 0.05) is 26.1 Å². The summed E-state index contributed by atoms with van der Waals surface area (Å²) >= 11 is 0. The Balaban J connectivity index is 1.34. The van der Waals surface area contributed by atoms with Crippen LogP contribution in [0.5, 0.6) is 11.5 Å². The Morgan fingerprint density at radius 2 is 1.78 bits per heavy atom. The lowest BCUT2D eigenvalue weighted by molar-refractivity contribution is -0.121. The molecule has 0 saturated carbocycles. The number of benzene rings is 2. The lowest BCUT2D eigenvalue weighted by Crippen LogP contribution is -2.27. The van der Waals surface area contributed by atoms with Gasteiger partial charge in [0.15, 0.2) is 11.5 Å². The van der Waals surface area contributed by atoms with Crippen molar-refractivity contribution in [2.24, 2.45) is 0 Å². The molecule has 0 saturated heterocycles. The molecule has 5 nitrogen and oxygen atoms in total. The first-order chi connectivity index (χ1) is 11.3. The molecule has 2 N–H and O–H groups in total. The fourth-order valence-corrected chi connectivity index (χ4v) is 2.37. The van der Waals surface area contributed by atoms with Gasteiger partial charge in [-0.2, -0.15) is 0 Å². The minimum absolute atomic E-state index is 0.0482. The van der Waals surface area contributed by atoms with Gasteiger partial charge in [0.25, 0.3) is 0 Å². The number of carbonyl (C=O) groups excluding carboxylic acids is 1. The molecular weight excluding hydrogens is 292 g/mol. The summed E-state index contributed by atoms with van der Waals surface area (Å²) in [5, 5.41) is 6.18. The summed E-state index contributed by atoms with van der Waals surface area (Å²) in [6, 6.07) is 15.8. The first kappa shape index (κ1) is 15.4. The highest BCUT2D eigenvalue weighted by Gasteiger charge is 2.12. The first-order valence-electron chi connectivity index (χ1n) is 7.71. The monoisotopic (exact) mass is 312 g/mol. The van der Waals surface area contributed by atoms with Gasteiger partial charge >= 0.3 is 0 Å². The Morgan fingerprint density at radius 1 is 0.957 bits per heavy atom. The standard InChI is InChI=1S/C18H20N2O3/c21-18(20-12-14-4-2-1-3-5-14)8-9-19-11-15-6-7-16-17(10-15)23-13-22-16/h1-7,10,19H,8-9,11-13H2,(H,20,21). The lowest BCUT2D eigenvalue weighted by Gasteiger charge is -2.07. The highest BCUT2D eigenvalue weighted by Crippen LogP contribution is 2.32. The molecule has 0 radical (unpaired) electrons. The molecular formula is C18H20N2O3. The van der Waals surface area contributed by atoms with Crippen LogP contribution in [0, 0.1) is 0 Å². The molecule has 0 atom stereocenters. The molecule has 0 bridgehead atoms. The van der Waals surface area contributed by atoms with E-state index in [1.165, 1.54) is 0 Å². The fourth-order valence-electron chi connectivity index (χ4n) is 2.37. The third-order valence-corrected chi connectivity index (χ3v) is 3.63. The Hall–Kier alpha value is -2.53. The molecule has 0 fully saturated rings. The van der Waals surface area contributed by atoms with Gasteiger partial charge < -0.3 is 20.1 Å². The predicted molar refractivity (Wildman–Crippen MR) is 87.2 cm³/mol. The van der Waals surface area contributed by atoms with Crippen molar-refractivity contribution < 1.29 is 14.3 Å². The molecule has 1 aliphatic heterocycles. The number of ether oxygens (including phenoxy) is 2. The SMILES string of the molecule is O=C(CCNCc1ccc2c(c1)OCO2)NCc1ccccc1. The van der Waals surface area contributed by atoms with E-state index in [1.54, 1.807) is 0 Å². The van der Waals surface area contributed by atoms with Crippen LogP contribution >= 0.6 is 0 Å². The summed E-state index contributed by atoms with van der Waals surface area (Å²) in [7, 11) is 0. The van der Waals surface area contributed by atoms with Crippen LogP contribution in [0.3, 0.4) is 0 Å². The molecule has 0 spiro atoms. The molecule has 2 aromatic rings. The van der Waals surface area contributed by atoms with E-state index in [4.69, 9.17) is 9.47 Å². The number of carbonyl (C=O) groups is 1. The van der Waals surface area contributed by atoms with Crippen LogP contribution < -0.4 is 20.1 Å². The quantitative estimate of drug-likeness (QED) is 0.770. The van der Waals surface area contributed by atoms with Gasteiger partial charge in [0.05, 0.1) is 0 Å². The minimum atomic E-state index is 0.0482. The number of hydrogen-bond acceptors (Lipinski definition) is 4. The van der Waals surface area contributed by atoms with Crippen LogP contribution in [-0.2, 0) is 17.9 Å². The fraction of sp³-hybridized carbons (Fsp3) is 0.278. The molecule has 1 amide bonds. The molecule has 0 unspecified atom stereocenters. The van der Waals surface area contributed by atoms with Crippen molar-refractivity contribution in [2.45, 2.75) is 19.5 Å². The van der Waals surface area contributed by atoms with Crippen molar-refractivity contribution in [1.82, 2.24) is 10.6 Å². The maximum atomic E-state index is 11.8. The Morgan fingerprint density at radius 3 is 2.65 bits per heavy atom. The van der Waals surface area contributed by atoms with Gasteiger partial charge in [-0.15, -0.1) is 0 Å². The largest absolute Gasteiger partial charge is 0.454 e. The van der Waals surface area contributed by atoms with E-state index in [1.807, 2.05) is 48.5 Å². The van der Waals surface area contributed by atoms with Crippen LogP contribution in [0.4, 0.5) is 0 Å². The molecule has 5 heteroatoms. The molecule has 1 aliphatic rings. The Labute approximate surface area is 135 Å². The van der Waals surface area contributed by atoms with E-state index < -0.39 is 0 Å². The lowest BCUT2D eigenvalue weighted by atomic mass is 10.2. The van der Waals surface area contributed by atoms with Crippen molar-refractivity contribution in [3.05, 3.63) is 59.7 Å². The normalized spacial score (nSPS) is 12.2. The second-order valence-electron chi connectivity index (χ2n) is 5.38. The average molecular weight is 312 g/mol. The second-order valence-corrected chi connectivity index (χ2v) is 5.38. The second kappa shape index (κ2) is 7.65. The maximum absolute atomic E-state index is 11.8. The predicted octanol–water partition coefficient (Wildman–Crippen LogP) is 2.21. The van der Waals surface area contributed by atoms with E-state index in [0.29, 0.717) is 26.1 Å². The zero-order chi connectivity index (χ0) is 15.9. The van der Waals surface area contributed by atoms with E-state index in [2.05, 4.69) is 10.6 Å². The third kappa shape index (κ3) is 4.47. The topological polar surface area (TPSA) is 59.6 Å². The highest BCUT2D eigenvalue weighted by molar-refractivity contribution is 5.76. The number of fused-ring (bicyclic) bond motifs is 1. The average Bonchev–Trinajstić information content (AvgIpc) is 3.05. The summed E-state index contributed by atoms with van der Waals surface area (Å²) in [6.07, 6.45) is 0.456. The summed E-state index contributed by atoms with van der Waals surface area (Å²) in [5.41, 5.74) is 2.22. The molecule has 23 heavy (non-hydrogen) atoms. The Kier molecular flexibility index (Phi) is 5.11. The summed E-state index contributed by atoms with van der Waals surface area (Å²) in [5.74, 6) is 1.62. The van der Waals surface area contributed by atoms with E-state index in [9.17, 15) is 4.79 Å². The van der Waals surface area contributed by atoms with Gasteiger partial charge in [0.2, 0.25) is 12.7 Å². The number of amides is 1. The van der Waals surface area contributed by atoms with Crippen molar-refractivity contribution >= 4 is 5.91 Å². The van der Waals surface area contributed by atoms with Crippen LogP contribution in [0.25, 0.3) is 0 Å². The van der Waals surface area contributed by atoms with Crippen molar-refractivity contribution in [3.8, 4) is 11.5 Å². The van der Waals surface area contributed by atoms with E-state index >= 15 is 0 Å². The smallest absolute Gasteiger partial charge is 0.231 e. The molecule has 0 aromatic heterocycles. The molecule has 120 valence electrons. The van der Waals surface area contributed by atoms with E-state index in [-0.39, 0.29) is 12.7 Å². The van der Waals surface area contributed by atoms with Gasteiger partial charge in [0.1, 0.15) is 0 Å². The maximum Gasteiger partial charge on any atom is 0.231 e. The summed E-state index contributed by atoms with van der Waals surface area (Å²) in [6.45, 7) is 2.19. The van der Waals surface area contributed by atoms with Crippen LogP contribution in [0.15, 0.2) is 48.5 Å². The molecule has 0 aliphatic carbocycles. The Bertz CT molecular complexity index is 659. The van der Waals surface area contributed by atoms with Crippen LogP contribution in [-0.4, -0.2) is 19.2 Å². The minimum Gasteiger partial charge on any atom is -0.454 e. The van der Waals surface area contributed by atoms with Crippen molar-refractivity contribution in [2.75, 3.05) is 13.3 Å². The summed E-state index contributed by atoms with van der Waals surface area (Å²) < 4.78 is 10.6. The van der Waals surface area contributed by atoms with Crippen molar-refractivity contribution in [3.63, 3.8) is 0 Å². The molecule has 1 heterocycles. The van der Waals surface area contributed by atoms with Gasteiger partial charge in [-0.25, -0.2) is 0 Å². The zero-order valence-corrected chi connectivity index (χ0v) is 12.9. The first-order valence-corrected chi connectivity index (χ1v) is 7.71. The third-order valence-electron chi connectivity index (χ3n) is 3.63. The van der Waals surface area contributed by atoms with Gasteiger partial charge in [-0.1, -0.05) is 36.4 Å². The number of nitrogens with one attached hydrogen (secondary N) is 2. The van der Waals surface area contributed by atoms with Crippen LogP contribution in [0.2, 0.25) is 0 Å². The number of hydrogen-bond donors (Lipinski definition) is 2. The number of rotatable bonds is 7. The molecule has 2 aromatic carbocycles. The summed E-state index contributed by atoms with van der Waals surface area (Å²) in [4.78, 5) is 11.8. The zero-order valence-electron chi connectivity index (χ0n) is 12.9. The van der Waals surface area contributed by atoms with Crippen molar-refractivity contribution in [1.29, 1.82) is 0 Å². The van der Waals surface area contributed by atoms with E-state index in [0.717, 1.165) is 22.6 Å². The molecule has 3 rings (SSSR count). The van der Waals surface area contributed by atoms with Gasteiger partial charge in [-0.05, 0) is 23.3 Å². The van der Waals surface area contributed by atoms with Gasteiger partial charge in [-0.3, -0.25) is 4.79 Å². The highest BCUT2D eigenvalue weighted by atomic mass is 16.7. The van der Waals surface area contributed by atoms with Crippen LogP contribution in [0.1, 0.15) is 17.5 Å².